The van der Waals surface area contributed by atoms with E-state index in [-0.39, 0.29) is 18.5 Å². The summed E-state index contributed by atoms with van der Waals surface area (Å²) in [5.74, 6) is -0.0363. The molecule has 0 saturated heterocycles. The van der Waals surface area contributed by atoms with E-state index in [2.05, 4.69) is 31.3 Å². The molecule has 3 N–H and O–H groups in total. The largest absolute Gasteiger partial charge is 0.466 e. The molecular formula is C58H113NO5. The average Bonchev–Trinajstić information content (AvgIpc) is 3.29. The lowest BCUT2D eigenvalue weighted by Gasteiger charge is -2.22. The van der Waals surface area contributed by atoms with Crippen molar-refractivity contribution in [1.82, 2.24) is 5.32 Å². The normalized spacial score (nSPS) is 12.6. The summed E-state index contributed by atoms with van der Waals surface area (Å²) in [4.78, 5) is 24.5. The smallest absolute Gasteiger partial charge is 0.305 e. The van der Waals surface area contributed by atoms with Gasteiger partial charge in [-0.25, -0.2) is 0 Å². The van der Waals surface area contributed by atoms with Crippen LogP contribution < -0.4 is 5.32 Å². The van der Waals surface area contributed by atoms with Gasteiger partial charge in [0.1, 0.15) is 0 Å². The Morgan fingerprint density at radius 1 is 0.422 bits per heavy atom. The minimum atomic E-state index is -0.668. The lowest BCUT2D eigenvalue weighted by molar-refractivity contribution is -0.143. The molecule has 6 nitrogen and oxygen atoms in total. The molecule has 64 heavy (non-hydrogen) atoms. The maximum Gasteiger partial charge on any atom is 0.305 e. The monoisotopic (exact) mass is 904 g/mol. The van der Waals surface area contributed by atoms with Gasteiger partial charge in [-0.15, -0.1) is 0 Å². The molecule has 380 valence electrons. The second kappa shape index (κ2) is 54.2. The number of ether oxygens (including phenoxy) is 1. The first kappa shape index (κ1) is 62.6. The minimum absolute atomic E-state index is 0.00822. The van der Waals surface area contributed by atoms with Gasteiger partial charge in [0.2, 0.25) is 5.91 Å². The van der Waals surface area contributed by atoms with Crippen LogP contribution >= 0.6 is 0 Å². The third-order valence-corrected chi connectivity index (χ3v) is 13.6. The first-order valence-electron chi connectivity index (χ1n) is 28.9. The third-order valence-electron chi connectivity index (χ3n) is 13.6. The topological polar surface area (TPSA) is 95.9 Å². The Kier molecular flexibility index (Phi) is 53.0. The Hall–Kier alpha value is -1.40. The summed E-state index contributed by atoms with van der Waals surface area (Å²) in [7, 11) is 0. The standard InChI is InChI=1S/C58H113NO5/c1-3-5-7-9-11-13-15-16-17-21-25-28-32-36-40-44-48-52-58(63)64-53-49-45-41-37-33-29-26-23-20-18-19-22-24-27-31-35-39-43-47-51-57(62)59-55(54-60)56(61)50-46-42-38-34-30-14-12-10-8-6-4-2/h18-19,55-56,60-61H,3-17,20-54H2,1-2H3,(H,59,62)/b19-18-. The highest BCUT2D eigenvalue weighted by Gasteiger charge is 2.20. The van der Waals surface area contributed by atoms with Crippen LogP contribution in [0.1, 0.15) is 322 Å². The number of carbonyl (C=O) groups is 2. The molecule has 0 radical (unpaired) electrons. The maximum absolute atomic E-state index is 12.4. The van der Waals surface area contributed by atoms with E-state index in [0.717, 1.165) is 38.5 Å². The van der Waals surface area contributed by atoms with Crippen LogP contribution in [0.3, 0.4) is 0 Å². The number of carbonyl (C=O) groups excluding carboxylic acids is 2. The number of esters is 1. The van der Waals surface area contributed by atoms with E-state index < -0.39 is 12.1 Å². The van der Waals surface area contributed by atoms with Crippen LogP contribution in [0, 0.1) is 0 Å². The fourth-order valence-corrected chi connectivity index (χ4v) is 9.11. The summed E-state index contributed by atoms with van der Waals surface area (Å²) in [5, 5.41) is 23.2. The van der Waals surface area contributed by atoms with Crippen LogP contribution in [0.5, 0.6) is 0 Å². The van der Waals surface area contributed by atoms with Gasteiger partial charge in [-0.2, -0.15) is 0 Å². The van der Waals surface area contributed by atoms with Gasteiger partial charge in [0.15, 0.2) is 0 Å². The highest BCUT2D eigenvalue weighted by atomic mass is 16.5. The van der Waals surface area contributed by atoms with E-state index in [9.17, 15) is 19.8 Å². The van der Waals surface area contributed by atoms with Gasteiger partial charge in [-0.05, 0) is 51.4 Å². The quantitative estimate of drug-likeness (QED) is 0.0321. The van der Waals surface area contributed by atoms with Gasteiger partial charge in [0.05, 0.1) is 25.4 Å². The van der Waals surface area contributed by atoms with Crippen LogP contribution in [0.4, 0.5) is 0 Å². The van der Waals surface area contributed by atoms with E-state index in [0.29, 0.717) is 25.9 Å². The van der Waals surface area contributed by atoms with Crippen LogP contribution in [-0.2, 0) is 14.3 Å². The molecule has 0 spiro atoms. The van der Waals surface area contributed by atoms with Crippen molar-refractivity contribution in [3.63, 3.8) is 0 Å². The lowest BCUT2D eigenvalue weighted by Crippen LogP contribution is -2.45. The van der Waals surface area contributed by atoms with Crippen molar-refractivity contribution in [1.29, 1.82) is 0 Å². The van der Waals surface area contributed by atoms with Crippen molar-refractivity contribution in [2.45, 2.75) is 334 Å². The van der Waals surface area contributed by atoms with Crippen molar-refractivity contribution in [2.75, 3.05) is 13.2 Å². The van der Waals surface area contributed by atoms with Crippen molar-refractivity contribution in [3.8, 4) is 0 Å². The van der Waals surface area contributed by atoms with E-state index in [1.165, 1.54) is 250 Å². The van der Waals surface area contributed by atoms with Gasteiger partial charge < -0.3 is 20.3 Å². The van der Waals surface area contributed by atoms with E-state index in [1.54, 1.807) is 0 Å². The van der Waals surface area contributed by atoms with E-state index in [4.69, 9.17) is 4.74 Å². The number of aliphatic hydroxyl groups is 2. The third kappa shape index (κ3) is 50.0. The molecule has 2 unspecified atom stereocenters. The van der Waals surface area contributed by atoms with Crippen LogP contribution in [0.2, 0.25) is 0 Å². The summed E-state index contributed by atoms with van der Waals surface area (Å²) < 4.78 is 5.49. The van der Waals surface area contributed by atoms with Crippen molar-refractivity contribution < 1.29 is 24.5 Å². The fraction of sp³-hybridized carbons (Fsp3) is 0.931. The molecule has 6 heteroatoms. The molecule has 0 bridgehead atoms. The first-order chi connectivity index (χ1) is 31.5. The molecule has 0 aliphatic carbocycles. The zero-order valence-corrected chi connectivity index (χ0v) is 43.3. The minimum Gasteiger partial charge on any atom is -0.466 e. The molecule has 0 rings (SSSR count). The molecule has 0 aliphatic heterocycles. The second-order valence-electron chi connectivity index (χ2n) is 20.0. The Balaban J connectivity index is 3.39. The number of hydrogen-bond donors (Lipinski definition) is 3. The molecule has 0 fully saturated rings. The SMILES string of the molecule is CCCCCCCCCCCCCCCCCCCC(=O)OCCCCCCCCCC/C=C\CCCCCCCCCC(=O)NC(CO)C(O)CCCCCCCCCCCCC. The Morgan fingerprint density at radius 2 is 0.734 bits per heavy atom. The predicted octanol–water partition coefficient (Wildman–Crippen LogP) is 17.7. The number of aliphatic hydroxyl groups excluding tert-OH is 2. The van der Waals surface area contributed by atoms with Crippen molar-refractivity contribution in [2.24, 2.45) is 0 Å². The van der Waals surface area contributed by atoms with E-state index in [1.807, 2.05) is 0 Å². The van der Waals surface area contributed by atoms with Crippen LogP contribution in [-0.4, -0.2) is 47.4 Å². The number of rotatable bonds is 54. The first-order valence-corrected chi connectivity index (χ1v) is 28.9. The van der Waals surface area contributed by atoms with E-state index >= 15 is 0 Å². The highest BCUT2D eigenvalue weighted by Crippen LogP contribution is 2.17. The fourth-order valence-electron chi connectivity index (χ4n) is 9.11. The summed E-state index contributed by atoms with van der Waals surface area (Å²) in [6.07, 6.45) is 63.5. The molecule has 0 aromatic heterocycles. The molecule has 0 aliphatic rings. The Labute approximate surface area is 399 Å². The molecular weight excluding hydrogens is 791 g/mol. The number of nitrogens with one attached hydrogen (secondary N) is 1. The Bertz CT molecular complexity index is 955. The van der Waals surface area contributed by atoms with Crippen LogP contribution in [0.25, 0.3) is 0 Å². The highest BCUT2D eigenvalue weighted by molar-refractivity contribution is 5.76. The average molecular weight is 905 g/mol. The molecule has 1 amide bonds. The Morgan fingerprint density at radius 3 is 1.11 bits per heavy atom. The van der Waals surface area contributed by atoms with Gasteiger partial charge >= 0.3 is 5.97 Å². The van der Waals surface area contributed by atoms with Crippen molar-refractivity contribution in [3.05, 3.63) is 12.2 Å². The zero-order valence-electron chi connectivity index (χ0n) is 43.3. The van der Waals surface area contributed by atoms with Crippen molar-refractivity contribution >= 4 is 11.9 Å². The molecule has 0 heterocycles. The maximum atomic E-state index is 12.4. The van der Waals surface area contributed by atoms with Gasteiger partial charge in [0, 0.05) is 12.8 Å². The number of hydrogen-bond acceptors (Lipinski definition) is 5. The summed E-state index contributed by atoms with van der Waals surface area (Å²) in [6, 6.07) is -0.546. The molecule has 0 aromatic carbocycles. The zero-order chi connectivity index (χ0) is 46.5. The van der Waals surface area contributed by atoms with Gasteiger partial charge in [0.25, 0.3) is 0 Å². The second-order valence-corrected chi connectivity index (χ2v) is 20.0. The predicted molar refractivity (Wildman–Crippen MR) is 278 cm³/mol. The van der Waals surface area contributed by atoms with Gasteiger partial charge in [-0.3, -0.25) is 9.59 Å². The summed E-state index contributed by atoms with van der Waals surface area (Å²) >= 11 is 0. The molecule has 2 atom stereocenters. The van der Waals surface area contributed by atoms with Crippen LogP contribution in [0.15, 0.2) is 12.2 Å². The molecule has 0 aromatic rings. The summed E-state index contributed by atoms with van der Waals surface area (Å²) in [5.41, 5.74) is 0. The van der Waals surface area contributed by atoms with Gasteiger partial charge in [-0.1, -0.05) is 270 Å². The lowest BCUT2D eigenvalue weighted by atomic mass is 10.0. The number of amides is 1. The number of unbranched alkanes of at least 4 members (excludes halogenated alkanes) is 41. The summed E-state index contributed by atoms with van der Waals surface area (Å²) in [6.45, 7) is 4.95. The molecule has 0 saturated carbocycles. The number of allylic oxidation sites excluding steroid dienone is 2.